The number of carbonyl (C=O) groups is 1. The summed E-state index contributed by atoms with van der Waals surface area (Å²) < 4.78 is 49.2. The molecule has 2 aromatic rings. The summed E-state index contributed by atoms with van der Waals surface area (Å²) in [5, 5.41) is 2.51. The second-order valence-corrected chi connectivity index (χ2v) is 7.71. The third kappa shape index (κ3) is 4.77. The van der Waals surface area contributed by atoms with Crippen LogP contribution in [-0.4, -0.2) is 26.3 Å². The van der Waals surface area contributed by atoms with Crippen LogP contribution in [0.1, 0.15) is 0 Å². The Bertz CT molecular complexity index is 838. The average Bonchev–Trinajstić information content (AvgIpc) is 2.48. The van der Waals surface area contributed by atoms with E-state index in [0.717, 1.165) is 30.2 Å². The molecule has 0 saturated carbocycles. The number of anilines is 1. The molecular formula is C15H13F2NO3S2. The molecule has 0 bridgehead atoms. The highest BCUT2D eigenvalue weighted by Gasteiger charge is 2.14. The molecule has 0 heterocycles. The molecule has 122 valence electrons. The van der Waals surface area contributed by atoms with E-state index in [1.807, 2.05) is 0 Å². The molecule has 0 radical (unpaired) electrons. The van der Waals surface area contributed by atoms with Crippen LogP contribution in [0.3, 0.4) is 0 Å². The molecule has 0 fully saturated rings. The average molecular weight is 357 g/mol. The maximum absolute atomic E-state index is 13.1. The van der Waals surface area contributed by atoms with Crippen molar-refractivity contribution in [1.29, 1.82) is 0 Å². The standard InChI is InChI=1S/C15H13F2NO3S2/c1-23(20,21)14-5-3-2-4-13(14)18-15(19)9-22-10-6-7-11(16)12(17)8-10/h2-8H,9H2,1H3,(H,18,19). The van der Waals surface area contributed by atoms with Crippen LogP contribution < -0.4 is 5.32 Å². The van der Waals surface area contributed by atoms with Crippen molar-refractivity contribution in [3.63, 3.8) is 0 Å². The van der Waals surface area contributed by atoms with Gasteiger partial charge in [0.1, 0.15) is 0 Å². The topological polar surface area (TPSA) is 63.2 Å². The van der Waals surface area contributed by atoms with Crippen LogP contribution in [0.2, 0.25) is 0 Å². The van der Waals surface area contributed by atoms with Crippen molar-refractivity contribution in [3.8, 4) is 0 Å². The molecule has 1 amide bonds. The molecule has 0 aliphatic carbocycles. The fourth-order valence-corrected chi connectivity index (χ4v) is 3.36. The molecule has 0 unspecified atom stereocenters. The molecule has 8 heteroatoms. The first kappa shape index (κ1) is 17.4. The van der Waals surface area contributed by atoms with Crippen LogP contribution in [0.15, 0.2) is 52.3 Å². The van der Waals surface area contributed by atoms with Crippen molar-refractivity contribution < 1.29 is 22.0 Å². The number of hydrogen-bond acceptors (Lipinski definition) is 4. The highest BCUT2D eigenvalue weighted by atomic mass is 32.2. The fraction of sp³-hybridized carbons (Fsp3) is 0.133. The molecule has 0 aliphatic rings. The number of para-hydroxylation sites is 1. The zero-order chi connectivity index (χ0) is 17.0. The Kier molecular flexibility index (Phi) is 5.38. The van der Waals surface area contributed by atoms with Gasteiger partial charge in [0.2, 0.25) is 5.91 Å². The normalized spacial score (nSPS) is 11.3. The van der Waals surface area contributed by atoms with Crippen LogP contribution in [0, 0.1) is 11.6 Å². The molecule has 0 spiro atoms. The van der Waals surface area contributed by atoms with Crippen molar-refractivity contribution >= 4 is 33.2 Å². The summed E-state index contributed by atoms with van der Waals surface area (Å²) in [6, 6.07) is 9.38. The van der Waals surface area contributed by atoms with E-state index in [2.05, 4.69) is 5.32 Å². The Labute approximate surface area is 136 Å². The number of rotatable bonds is 5. The minimum atomic E-state index is -3.47. The van der Waals surface area contributed by atoms with E-state index in [1.165, 1.54) is 18.2 Å². The number of benzene rings is 2. The van der Waals surface area contributed by atoms with Crippen molar-refractivity contribution in [3.05, 3.63) is 54.1 Å². The lowest BCUT2D eigenvalue weighted by atomic mass is 10.3. The Balaban J connectivity index is 2.04. The van der Waals surface area contributed by atoms with Crippen LogP contribution in [-0.2, 0) is 14.6 Å². The maximum Gasteiger partial charge on any atom is 0.234 e. The summed E-state index contributed by atoms with van der Waals surface area (Å²) in [6.45, 7) is 0. The van der Waals surface area contributed by atoms with Gasteiger partial charge in [-0.3, -0.25) is 4.79 Å². The third-order valence-electron chi connectivity index (χ3n) is 2.82. The van der Waals surface area contributed by atoms with Gasteiger partial charge in [-0.1, -0.05) is 12.1 Å². The summed E-state index contributed by atoms with van der Waals surface area (Å²) in [5.41, 5.74) is 0.186. The number of hydrogen-bond donors (Lipinski definition) is 1. The predicted molar refractivity (Wildman–Crippen MR) is 85.3 cm³/mol. The van der Waals surface area contributed by atoms with Crippen LogP contribution in [0.25, 0.3) is 0 Å². The van der Waals surface area contributed by atoms with Gasteiger partial charge < -0.3 is 5.32 Å². The van der Waals surface area contributed by atoms with Crippen molar-refractivity contribution in [2.24, 2.45) is 0 Å². The molecule has 0 atom stereocenters. The molecule has 23 heavy (non-hydrogen) atoms. The Morgan fingerprint density at radius 2 is 1.83 bits per heavy atom. The minimum absolute atomic E-state index is 0.0196. The van der Waals surface area contributed by atoms with E-state index in [1.54, 1.807) is 12.1 Å². The summed E-state index contributed by atoms with van der Waals surface area (Å²) >= 11 is 1.02. The molecule has 4 nitrogen and oxygen atoms in total. The van der Waals surface area contributed by atoms with Crippen molar-refractivity contribution in [1.82, 2.24) is 0 Å². The molecular weight excluding hydrogens is 344 g/mol. The highest BCUT2D eigenvalue weighted by Crippen LogP contribution is 2.23. The van der Waals surface area contributed by atoms with Gasteiger partial charge >= 0.3 is 0 Å². The van der Waals surface area contributed by atoms with E-state index in [0.29, 0.717) is 4.90 Å². The molecule has 1 N–H and O–H groups in total. The van der Waals surface area contributed by atoms with Crippen LogP contribution in [0.4, 0.5) is 14.5 Å². The molecule has 0 saturated heterocycles. The second kappa shape index (κ2) is 7.10. The lowest BCUT2D eigenvalue weighted by molar-refractivity contribution is -0.113. The van der Waals surface area contributed by atoms with E-state index >= 15 is 0 Å². The first-order chi connectivity index (χ1) is 10.8. The number of amides is 1. The first-order valence-corrected chi connectivity index (χ1v) is 9.32. The fourth-order valence-electron chi connectivity index (χ4n) is 1.80. The van der Waals surface area contributed by atoms with Crippen molar-refractivity contribution in [2.75, 3.05) is 17.3 Å². The molecule has 0 aromatic heterocycles. The van der Waals surface area contributed by atoms with Gasteiger partial charge in [0, 0.05) is 11.2 Å². The molecule has 2 aromatic carbocycles. The van der Waals surface area contributed by atoms with Gasteiger partial charge in [0.05, 0.1) is 16.3 Å². The number of sulfone groups is 1. The number of nitrogens with one attached hydrogen (secondary N) is 1. The first-order valence-electron chi connectivity index (χ1n) is 6.44. The lowest BCUT2D eigenvalue weighted by Gasteiger charge is -2.09. The predicted octanol–water partition coefficient (Wildman–Crippen LogP) is 3.10. The van der Waals surface area contributed by atoms with Crippen LogP contribution in [0.5, 0.6) is 0 Å². The summed E-state index contributed by atoms with van der Waals surface area (Å²) in [4.78, 5) is 12.3. The summed E-state index contributed by atoms with van der Waals surface area (Å²) in [6.07, 6.45) is 1.05. The van der Waals surface area contributed by atoms with E-state index in [-0.39, 0.29) is 16.3 Å². The van der Waals surface area contributed by atoms with E-state index < -0.39 is 27.4 Å². The Morgan fingerprint density at radius 1 is 1.13 bits per heavy atom. The number of carbonyl (C=O) groups excluding carboxylic acids is 1. The smallest absolute Gasteiger partial charge is 0.234 e. The van der Waals surface area contributed by atoms with Crippen molar-refractivity contribution in [2.45, 2.75) is 9.79 Å². The minimum Gasteiger partial charge on any atom is -0.324 e. The van der Waals surface area contributed by atoms with Crippen LogP contribution >= 0.6 is 11.8 Å². The number of halogens is 2. The zero-order valence-corrected chi connectivity index (χ0v) is 13.7. The SMILES string of the molecule is CS(=O)(=O)c1ccccc1NC(=O)CSc1ccc(F)c(F)c1. The van der Waals surface area contributed by atoms with Gasteiger partial charge in [-0.05, 0) is 30.3 Å². The largest absolute Gasteiger partial charge is 0.324 e. The van der Waals surface area contributed by atoms with Gasteiger partial charge in [-0.15, -0.1) is 11.8 Å². The molecule has 2 rings (SSSR count). The maximum atomic E-state index is 13.1. The Morgan fingerprint density at radius 3 is 2.48 bits per heavy atom. The van der Waals surface area contributed by atoms with Gasteiger partial charge in [0.15, 0.2) is 21.5 Å². The highest BCUT2D eigenvalue weighted by molar-refractivity contribution is 8.00. The van der Waals surface area contributed by atoms with Gasteiger partial charge in [0.25, 0.3) is 0 Å². The Hall–Kier alpha value is -1.93. The van der Waals surface area contributed by atoms with Gasteiger partial charge in [-0.2, -0.15) is 0 Å². The molecule has 0 aliphatic heterocycles. The summed E-state index contributed by atoms with van der Waals surface area (Å²) in [7, 11) is -3.47. The zero-order valence-electron chi connectivity index (χ0n) is 12.0. The monoisotopic (exact) mass is 357 g/mol. The second-order valence-electron chi connectivity index (χ2n) is 4.68. The number of thioether (sulfide) groups is 1. The lowest BCUT2D eigenvalue weighted by Crippen LogP contribution is -2.16. The van der Waals surface area contributed by atoms with E-state index in [9.17, 15) is 22.0 Å². The summed E-state index contributed by atoms with van der Waals surface area (Å²) in [5.74, 6) is -2.46. The quantitative estimate of drug-likeness (QED) is 0.835. The third-order valence-corrected chi connectivity index (χ3v) is 4.97. The van der Waals surface area contributed by atoms with E-state index in [4.69, 9.17) is 0 Å². The van der Waals surface area contributed by atoms with Gasteiger partial charge in [-0.25, -0.2) is 17.2 Å².